The molecule has 1 aromatic carbocycles. The Labute approximate surface area is 164 Å². The summed E-state index contributed by atoms with van der Waals surface area (Å²) in [6, 6.07) is 8.17. The number of hydrogen-bond donors (Lipinski definition) is 1. The predicted molar refractivity (Wildman–Crippen MR) is 104 cm³/mol. The van der Waals surface area contributed by atoms with E-state index in [1.165, 1.54) is 12.8 Å². The highest BCUT2D eigenvalue weighted by molar-refractivity contribution is 5.61. The second-order valence-corrected chi connectivity index (χ2v) is 7.85. The number of rotatable bonds is 10. The molecule has 7 nitrogen and oxygen atoms in total. The summed E-state index contributed by atoms with van der Waals surface area (Å²) in [4.78, 5) is 0. The van der Waals surface area contributed by atoms with E-state index in [9.17, 15) is 0 Å². The minimum absolute atomic E-state index is 0.481. The van der Waals surface area contributed by atoms with Gasteiger partial charge in [-0.15, -0.1) is 20.4 Å². The van der Waals surface area contributed by atoms with Crippen LogP contribution in [0.4, 0.5) is 5.69 Å². The average molecular weight is 379 g/mol. The Bertz CT molecular complexity index is 926. The third-order valence-corrected chi connectivity index (χ3v) is 5.28. The summed E-state index contributed by atoms with van der Waals surface area (Å²) in [5, 5.41) is 20.1. The number of nitrogens with one attached hydrogen (secondary N) is 1. The first kappa shape index (κ1) is 17.4. The molecule has 28 heavy (non-hydrogen) atoms. The van der Waals surface area contributed by atoms with Crippen molar-refractivity contribution in [2.75, 3.05) is 11.9 Å². The highest BCUT2D eigenvalue weighted by atomic mass is 16.4. The molecule has 0 bridgehead atoms. The first-order chi connectivity index (χ1) is 13.8. The van der Waals surface area contributed by atoms with Gasteiger partial charge in [0.05, 0.1) is 0 Å². The molecular weight excluding hydrogens is 354 g/mol. The van der Waals surface area contributed by atoms with E-state index in [0.717, 1.165) is 74.0 Å². The standard InChI is InChI=1S/C21H25N5O2/c1(2-7-18-23-24-19(27-18)14-8-9-14)3-12-22-17-6-4-5-16(13-17)21-26-25-20(28-21)15-10-11-15/h4-6,13-15,22H,1-3,7-12H2. The third kappa shape index (κ3) is 4.24. The maximum atomic E-state index is 5.80. The molecular formula is C21H25N5O2. The van der Waals surface area contributed by atoms with Crippen molar-refractivity contribution in [2.45, 2.75) is 63.2 Å². The number of unbranched alkanes of at least 4 members (excludes halogenated alkanes) is 2. The Morgan fingerprint density at radius 1 is 0.857 bits per heavy atom. The van der Waals surface area contributed by atoms with Crippen LogP contribution in [0, 0.1) is 0 Å². The fourth-order valence-corrected chi connectivity index (χ4v) is 3.28. The molecule has 3 aromatic rings. The zero-order valence-electron chi connectivity index (χ0n) is 15.9. The summed E-state index contributed by atoms with van der Waals surface area (Å²) in [5.74, 6) is 4.02. The molecule has 2 fully saturated rings. The van der Waals surface area contributed by atoms with Gasteiger partial charge in [0.15, 0.2) is 0 Å². The van der Waals surface area contributed by atoms with Crippen molar-refractivity contribution in [3.63, 3.8) is 0 Å². The van der Waals surface area contributed by atoms with Gasteiger partial charge in [0.1, 0.15) is 0 Å². The van der Waals surface area contributed by atoms with Crippen LogP contribution < -0.4 is 5.32 Å². The third-order valence-electron chi connectivity index (χ3n) is 5.28. The molecule has 2 aliphatic carbocycles. The van der Waals surface area contributed by atoms with Gasteiger partial charge in [-0.25, -0.2) is 0 Å². The summed E-state index contributed by atoms with van der Waals surface area (Å²) in [6.07, 6.45) is 8.89. The quantitative estimate of drug-likeness (QED) is 0.511. The molecule has 2 aromatic heterocycles. The Morgan fingerprint density at radius 3 is 2.46 bits per heavy atom. The van der Waals surface area contributed by atoms with Gasteiger partial charge >= 0.3 is 0 Å². The molecule has 0 atom stereocenters. The van der Waals surface area contributed by atoms with Crippen molar-refractivity contribution in [1.82, 2.24) is 20.4 Å². The van der Waals surface area contributed by atoms with Crippen LogP contribution in [0.2, 0.25) is 0 Å². The molecule has 0 radical (unpaired) electrons. The molecule has 0 amide bonds. The van der Waals surface area contributed by atoms with Crippen molar-refractivity contribution in [1.29, 1.82) is 0 Å². The summed E-state index contributed by atoms with van der Waals surface area (Å²) in [7, 11) is 0. The van der Waals surface area contributed by atoms with Crippen LogP contribution in [0.3, 0.4) is 0 Å². The molecule has 0 saturated heterocycles. The van der Waals surface area contributed by atoms with E-state index in [-0.39, 0.29) is 0 Å². The van der Waals surface area contributed by atoms with Crippen LogP contribution >= 0.6 is 0 Å². The fraction of sp³-hybridized carbons (Fsp3) is 0.524. The SMILES string of the molecule is c1cc(NCCCCCc2nnc(C3CC3)o2)cc(-c2nnc(C3CC3)o2)c1. The van der Waals surface area contributed by atoms with Crippen LogP contribution in [-0.4, -0.2) is 26.9 Å². The molecule has 2 aliphatic rings. The van der Waals surface area contributed by atoms with Crippen LogP contribution in [0.15, 0.2) is 33.1 Å². The number of hydrogen-bond acceptors (Lipinski definition) is 7. The number of nitrogens with zero attached hydrogens (tertiary/aromatic N) is 4. The highest BCUT2D eigenvalue weighted by Crippen LogP contribution is 2.40. The van der Waals surface area contributed by atoms with E-state index >= 15 is 0 Å². The number of aryl methyl sites for hydroxylation is 1. The molecule has 0 aliphatic heterocycles. The number of aromatic nitrogens is 4. The van der Waals surface area contributed by atoms with Crippen LogP contribution in [-0.2, 0) is 6.42 Å². The molecule has 5 rings (SSSR count). The van der Waals surface area contributed by atoms with E-state index in [2.05, 4.69) is 37.8 Å². The summed E-state index contributed by atoms with van der Waals surface area (Å²) in [5.41, 5.74) is 2.04. The summed E-state index contributed by atoms with van der Waals surface area (Å²) in [6.45, 7) is 0.928. The summed E-state index contributed by atoms with van der Waals surface area (Å²) < 4.78 is 11.5. The van der Waals surface area contributed by atoms with Crippen molar-refractivity contribution >= 4 is 5.69 Å². The van der Waals surface area contributed by atoms with Crippen molar-refractivity contribution in [3.8, 4) is 11.5 Å². The average Bonchev–Trinajstić information content (AvgIpc) is 3.66. The lowest BCUT2D eigenvalue weighted by atomic mass is 10.1. The predicted octanol–water partition coefficient (Wildman–Crippen LogP) is 4.70. The highest BCUT2D eigenvalue weighted by Gasteiger charge is 2.30. The van der Waals surface area contributed by atoms with E-state index in [1.54, 1.807) is 0 Å². The van der Waals surface area contributed by atoms with Crippen molar-refractivity contribution in [3.05, 3.63) is 41.9 Å². The molecule has 1 N–H and O–H groups in total. The monoisotopic (exact) mass is 379 g/mol. The first-order valence-corrected chi connectivity index (χ1v) is 10.3. The molecule has 0 unspecified atom stereocenters. The van der Waals surface area contributed by atoms with Crippen LogP contribution in [0.5, 0.6) is 0 Å². The Hall–Kier alpha value is -2.70. The second kappa shape index (κ2) is 7.73. The number of anilines is 1. The molecule has 2 saturated carbocycles. The Morgan fingerprint density at radius 2 is 1.64 bits per heavy atom. The lowest BCUT2D eigenvalue weighted by Gasteiger charge is -2.07. The van der Waals surface area contributed by atoms with Gasteiger partial charge in [0, 0.05) is 36.1 Å². The minimum Gasteiger partial charge on any atom is -0.425 e. The topological polar surface area (TPSA) is 89.9 Å². The van der Waals surface area contributed by atoms with Gasteiger partial charge < -0.3 is 14.2 Å². The maximum absolute atomic E-state index is 5.80. The largest absolute Gasteiger partial charge is 0.425 e. The molecule has 2 heterocycles. The van der Waals surface area contributed by atoms with Crippen molar-refractivity contribution < 1.29 is 8.83 Å². The minimum atomic E-state index is 0.481. The van der Waals surface area contributed by atoms with E-state index in [1.807, 2.05) is 12.1 Å². The smallest absolute Gasteiger partial charge is 0.247 e. The number of benzene rings is 1. The zero-order chi connectivity index (χ0) is 18.8. The molecule has 0 spiro atoms. The first-order valence-electron chi connectivity index (χ1n) is 10.3. The maximum Gasteiger partial charge on any atom is 0.247 e. The van der Waals surface area contributed by atoms with E-state index in [0.29, 0.717) is 17.7 Å². The molecule has 7 heteroatoms. The van der Waals surface area contributed by atoms with E-state index in [4.69, 9.17) is 8.83 Å². The molecule has 146 valence electrons. The van der Waals surface area contributed by atoms with Gasteiger partial charge in [-0.2, -0.15) is 0 Å². The van der Waals surface area contributed by atoms with Gasteiger partial charge in [0.25, 0.3) is 0 Å². The van der Waals surface area contributed by atoms with Gasteiger partial charge in [-0.1, -0.05) is 12.5 Å². The Balaban J connectivity index is 1.05. The van der Waals surface area contributed by atoms with Crippen molar-refractivity contribution in [2.24, 2.45) is 0 Å². The lowest BCUT2D eigenvalue weighted by Crippen LogP contribution is -2.01. The zero-order valence-corrected chi connectivity index (χ0v) is 15.9. The second-order valence-electron chi connectivity index (χ2n) is 7.85. The van der Waals surface area contributed by atoms with Gasteiger partial charge in [-0.05, 0) is 56.7 Å². The lowest BCUT2D eigenvalue weighted by molar-refractivity contribution is 0.442. The van der Waals surface area contributed by atoms with Gasteiger partial charge in [0.2, 0.25) is 23.6 Å². The summed E-state index contributed by atoms with van der Waals surface area (Å²) >= 11 is 0. The van der Waals surface area contributed by atoms with Gasteiger partial charge in [-0.3, -0.25) is 0 Å². The normalized spacial score (nSPS) is 16.4. The van der Waals surface area contributed by atoms with Crippen LogP contribution in [0.25, 0.3) is 11.5 Å². The van der Waals surface area contributed by atoms with E-state index < -0.39 is 0 Å². The van der Waals surface area contributed by atoms with Crippen LogP contribution in [0.1, 0.15) is 74.5 Å². The fourth-order valence-electron chi connectivity index (χ4n) is 3.28. The Kier molecular flexibility index (Phi) is 4.81.